The second-order valence-corrected chi connectivity index (χ2v) is 16.0. The van der Waals surface area contributed by atoms with Crippen LogP contribution in [0.15, 0.2) is 66.7 Å². The summed E-state index contributed by atoms with van der Waals surface area (Å²) in [4.78, 5) is 31.5. The molecule has 9 nitrogen and oxygen atoms in total. The van der Waals surface area contributed by atoms with Gasteiger partial charge in [0.2, 0.25) is 5.91 Å². The molecule has 4 N–H and O–H groups in total. The summed E-state index contributed by atoms with van der Waals surface area (Å²) in [7, 11) is 5.53. The molecule has 2 amide bonds. The van der Waals surface area contributed by atoms with Crippen molar-refractivity contribution >= 4 is 17.5 Å². The molecule has 51 heavy (non-hydrogen) atoms. The minimum atomic E-state index is -0.865. The summed E-state index contributed by atoms with van der Waals surface area (Å²) in [5.74, 6) is 1.28. The Bertz CT molecular complexity index is 1710. The van der Waals surface area contributed by atoms with E-state index in [1.165, 1.54) is 6.42 Å². The Kier molecular flexibility index (Phi) is 10.8. The Balaban J connectivity index is 1.25. The number of benzene rings is 3. The van der Waals surface area contributed by atoms with Gasteiger partial charge in [0.05, 0.1) is 25.4 Å². The van der Waals surface area contributed by atoms with Gasteiger partial charge in [-0.15, -0.1) is 0 Å². The van der Waals surface area contributed by atoms with Crippen LogP contribution >= 0.6 is 0 Å². The van der Waals surface area contributed by atoms with Crippen molar-refractivity contribution in [2.24, 2.45) is 29.1 Å². The molecule has 1 saturated heterocycles. The van der Waals surface area contributed by atoms with E-state index in [1.54, 1.807) is 14.0 Å². The van der Waals surface area contributed by atoms with E-state index in [9.17, 15) is 19.8 Å². The number of aliphatic hydroxyl groups excluding tert-OH is 2. The number of β-amino-alcohol motifs (C(OH)–C–C–N with tert-alkyl or cyclic N) is 1. The van der Waals surface area contributed by atoms with E-state index in [-0.39, 0.29) is 24.4 Å². The first-order valence-corrected chi connectivity index (χ1v) is 18.5. The van der Waals surface area contributed by atoms with Gasteiger partial charge in [0.25, 0.3) is 5.91 Å². The Labute approximate surface area is 303 Å². The molecule has 0 spiro atoms. The zero-order valence-electron chi connectivity index (χ0n) is 31.2. The summed E-state index contributed by atoms with van der Waals surface area (Å²) in [5.41, 5.74) is 5.40. The Morgan fingerprint density at radius 2 is 1.80 bits per heavy atom. The average Bonchev–Trinajstić information content (AvgIpc) is 3.44. The number of methoxy groups -OCH3 is 1. The highest BCUT2D eigenvalue weighted by molar-refractivity contribution is 5.97. The van der Waals surface area contributed by atoms with Gasteiger partial charge in [-0.25, -0.2) is 0 Å². The molecule has 8 atom stereocenters. The van der Waals surface area contributed by atoms with Gasteiger partial charge < -0.3 is 30.5 Å². The number of carbonyl (C=O) groups is 2. The Hall–Kier alpha value is -3.92. The summed E-state index contributed by atoms with van der Waals surface area (Å²) in [6, 6.07) is 21.2. The third kappa shape index (κ3) is 7.39. The van der Waals surface area contributed by atoms with Crippen LogP contribution < -0.4 is 20.3 Å². The van der Waals surface area contributed by atoms with Gasteiger partial charge in [-0.3, -0.25) is 14.5 Å². The van der Waals surface area contributed by atoms with Crippen molar-refractivity contribution in [2.75, 3.05) is 39.2 Å². The molecule has 3 saturated carbocycles. The zero-order chi connectivity index (χ0) is 36.6. The fourth-order valence-electron chi connectivity index (χ4n) is 9.25. The zero-order valence-corrected chi connectivity index (χ0v) is 31.2. The van der Waals surface area contributed by atoms with Gasteiger partial charge in [0.1, 0.15) is 5.75 Å². The van der Waals surface area contributed by atoms with Crippen LogP contribution in [0.4, 0.5) is 5.69 Å². The lowest BCUT2D eigenvalue weighted by Crippen LogP contribution is -2.62. The van der Waals surface area contributed by atoms with Gasteiger partial charge in [-0.1, -0.05) is 69.3 Å². The number of para-hydroxylation sites is 1. The highest BCUT2D eigenvalue weighted by atomic mass is 16.5. The van der Waals surface area contributed by atoms with Crippen LogP contribution in [0.2, 0.25) is 0 Å². The number of ether oxygens (including phenoxy) is 1. The number of hydrogen-bond acceptors (Lipinski definition) is 7. The molecule has 3 aromatic rings. The SMILES string of the molecule is COc1c(CN2C[C@H](O)[C@@H]([C@H](C)O)[C@H]2C(=O)N[C@H]2C[C@@H]3C[C@@H]([C@@H]2C)C3(C)C)cccc1-c1cc(C(=O)NCCc2ccccc2)cc(N(C)C)c1. The highest BCUT2D eigenvalue weighted by Crippen LogP contribution is 2.61. The minimum absolute atomic E-state index is 0.0788. The molecule has 9 heteroatoms. The number of carbonyl (C=O) groups excluding carboxylic acids is 2. The average molecular weight is 697 g/mol. The van der Waals surface area contributed by atoms with Crippen LogP contribution in [0.25, 0.3) is 11.1 Å². The van der Waals surface area contributed by atoms with Crippen molar-refractivity contribution in [3.05, 3.63) is 83.4 Å². The standard InChI is InChI=1S/C42H56N4O5/c1-25-34-21-31(42(34,3)4)22-35(25)44-41(50)38-37(26(2)47)36(48)24-46(38)23-28-14-11-15-33(39(28)51-7)29-18-30(20-32(19-29)45(5)6)40(49)43-17-16-27-12-9-8-10-13-27/h8-15,18-20,25-26,31,34-38,47-48H,16-17,21-24H2,1-7H3,(H,43,49)(H,44,50)/t25-,26-,31-,34-,35-,36-,37+,38-/m0/s1. The van der Waals surface area contributed by atoms with Crippen molar-refractivity contribution in [3.8, 4) is 16.9 Å². The van der Waals surface area contributed by atoms with Gasteiger partial charge in [0, 0.05) is 68.1 Å². The molecule has 0 radical (unpaired) electrons. The first-order valence-electron chi connectivity index (χ1n) is 18.5. The van der Waals surface area contributed by atoms with Crippen molar-refractivity contribution in [1.29, 1.82) is 0 Å². The topological polar surface area (TPSA) is 114 Å². The monoisotopic (exact) mass is 696 g/mol. The van der Waals surface area contributed by atoms with Gasteiger partial charge in [-0.2, -0.15) is 0 Å². The molecule has 274 valence electrons. The molecule has 2 bridgehead atoms. The van der Waals surface area contributed by atoms with E-state index in [1.807, 2.05) is 78.5 Å². The number of rotatable bonds is 12. The first-order chi connectivity index (χ1) is 24.3. The van der Waals surface area contributed by atoms with Crippen LogP contribution in [0.5, 0.6) is 5.75 Å². The van der Waals surface area contributed by atoms with Crippen LogP contribution in [0.1, 0.15) is 62.0 Å². The maximum absolute atomic E-state index is 14.2. The van der Waals surface area contributed by atoms with Gasteiger partial charge >= 0.3 is 0 Å². The molecule has 4 aliphatic rings. The lowest BCUT2D eigenvalue weighted by Gasteiger charge is -2.62. The summed E-state index contributed by atoms with van der Waals surface area (Å²) >= 11 is 0. The lowest BCUT2D eigenvalue weighted by atomic mass is 9.45. The van der Waals surface area contributed by atoms with E-state index in [0.29, 0.717) is 47.6 Å². The fourth-order valence-corrected chi connectivity index (χ4v) is 9.25. The predicted octanol–water partition coefficient (Wildman–Crippen LogP) is 5.13. The number of fused-ring (bicyclic) bond motifs is 2. The summed E-state index contributed by atoms with van der Waals surface area (Å²) in [6.07, 6.45) is 1.20. The van der Waals surface area contributed by atoms with Crippen LogP contribution in [0.3, 0.4) is 0 Å². The number of likely N-dealkylation sites (tertiary alicyclic amines) is 1. The number of nitrogens with zero attached hydrogens (tertiary/aromatic N) is 2. The second-order valence-electron chi connectivity index (χ2n) is 16.0. The van der Waals surface area contributed by atoms with E-state index < -0.39 is 24.2 Å². The second kappa shape index (κ2) is 15.0. The van der Waals surface area contributed by atoms with Crippen LogP contribution in [0, 0.1) is 29.1 Å². The Morgan fingerprint density at radius 3 is 2.45 bits per heavy atom. The molecule has 3 aliphatic carbocycles. The fraction of sp³-hybridized carbons (Fsp3) is 0.524. The van der Waals surface area contributed by atoms with Gasteiger partial charge in [0.15, 0.2) is 0 Å². The summed E-state index contributed by atoms with van der Waals surface area (Å²) in [6.45, 7) is 9.72. The smallest absolute Gasteiger partial charge is 0.251 e. The summed E-state index contributed by atoms with van der Waals surface area (Å²) < 4.78 is 6.07. The number of aliphatic hydroxyl groups is 2. The third-order valence-electron chi connectivity index (χ3n) is 12.4. The van der Waals surface area contributed by atoms with Crippen LogP contribution in [-0.2, 0) is 17.8 Å². The van der Waals surface area contributed by atoms with Gasteiger partial charge in [-0.05, 0) is 78.7 Å². The molecule has 1 heterocycles. The normalized spacial score (nSPS) is 27.3. The number of hydrogen-bond donors (Lipinski definition) is 4. The van der Waals surface area contributed by atoms with E-state index >= 15 is 0 Å². The first kappa shape index (κ1) is 36.9. The molecular weight excluding hydrogens is 640 g/mol. The predicted molar refractivity (Wildman–Crippen MR) is 202 cm³/mol. The highest BCUT2D eigenvalue weighted by Gasteiger charge is 2.57. The molecule has 4 fully saturated rings. The van der Waals surface area contributed by atoms with E-state index in [2.05, 4.69) is 43.5 Å². The van der Waals surface area contributed by atoms with E-state index in [0.717, 1.165) is 40.8 Å². The minimum Gasteiger partial charge on any atom is -0.496 e. The molecule has 7 rings (SSSR count). The molecule has 1 aliphatic heterocycles. The van der Waals surface area contributed by atoms with Crippen molar-refractivity contribution in [1.82, 2.24) is 15.5 Å². The molecular formula is C42H56N4O5. The molecule has 3 aromatic carbocycles. The van der Waals surface area contributed by atoms with Crippen LogP contribution in [-0.4, -0.2) is 85.5 Å². The lowest BCUT2D eigenvalue weighted by molar-refractivity contribution is -0.139. The third-order valence-corrected chi connectivity index (χ3v) is 12.4. The largest absolute Gasteiger partial charge is 0.496 e. The maximum atomic E-state index is 14.2. The number of anilines is 1. The molecule has 0 unspecified atom stereocenters. The molecule has 0 aromatic heterocycles. The number of nitrogens with one attached hydrogen (secondary N) is 2. The number of amides is 2. The Morgan fingerprint density at radius 1 is 1.06 bits per heavy atom. The quantitative estimate of drug-likeness (QED) is 0.208. The maximum Gasteiger partial charge on any atom is 0.251 e. The van der Waals surface area contributed by atoms with Crippen molar-refractivity contribution < 1.29 is 24.5 Å². The summed E-state index contributed by atoms with van der Waals surface area (Å²) in [5, 5.41) is 28.5. The van der Waals surface area contributed by atoms with E-state index in [4.69, 9.17) is 4.74 Å². The van der Waals surface area contributed by atoms with Crippen molar-refractivity contribution in [3.63, 3.8) is 0 Å². The van der Waals surface area contributed by atoms with Crippen molar-refractivity contribution in [2.45, 2.75) is 77.8 Å².